The Balaban J connectivity index is 2.66. The Labute approximate surface area is 103 Å². The molecular formula is C10H15ClF3NO2. The van der Waals surface area contributed by atoms with E-state index < -0.39 is 18.6 Å². The fraction of sp³-hybridized carbons (Fsp3) is 0.900. The summed E-state index contributed by atoms with van der Waals surface area (Å²) in [5, 5.41) is 0. The summed E-state index contributed by atoms with van der Waals surface area (Å²) in [7, 11) is 0. The molecular weight excluding hydrogens is 259 g/mol. The average molecular weight is 274 g/mol. The lowest BCUT2D eigenvalue weighted by Crippen LogP contribution is -2.47. The second-order valence-electron chi connectivity index (χ2n) is 3.92. The summed E-state index contributed by atoms with van der Waals surface area (Å²) in [5.41, 5.74) is 0. The molecule has 1 heterocycles. The zero-order valence-corrected chi connectivity index (χ0v) is 10.1. The monoisotopic (exact) mass is 273 g/mol. The highest BCUT2D eigenvalue weighted by molar-refractivity contribution is 6.18. The van der Waals surface area contributed by atoms with Crippen molar-refractivity contribution in [2.75, 3.05) is 25.6 Å². The van der Waals surface area contributed by atoms with Crippen LogP contribution in [0.5, 0.6) is 0 Å². The molecule has 100 valence electrons. The molecule has 1 rings (SSSR count). The molecule has 0 aromatic carbocycles. The van der Waals surface area contributed by atoms with Crippen LogP contribution in [0.3, 0.4) is 0 Å². The van der Waals surface area contributed by atoms with Crippen molar-refractivity contribution in [2.45, 2.75) is 31.5 Å². The van der Waals surface area contributed by atoms with Crippen LogP contribution in [0.15, 0.2) is 0 Å². The molecule has 0 radical (unpaired) electrons. The first-order valence-electron chi connectivity index (χ1n) is 5.44. The van der Waals surface area contributed by atoms with E-state index in [2.05, 4.69) is 0 Å². The molecule has 1 aliphatic heterocycles. The Bertz CT molecular complexity index is 254. The molecule has 17 heavy (non-hydrogen) atoms. The molecule has 0 N–H and O–H groups in total. The highest BCUT2D eigenvalue weighted by Gasteiger charge is 2.36. The van der Waals surface area contributed by atoms with E-state index in [0.717, 1.165) is 4.90 Å². The van der Waals surface area contributed by atoms with Gasteiger partial charge in [0.1, 0.15) is 6.54 Å². The van der Waals surface area contributed by atoms with E-state index in [-0.39, 0.29) is 18.3 Å². The molecule has 0 aromatic rings. The first-order valence-corrected chi connectivity index (χ1v) is 5.97. The molecule has 0 spiro atoms. The minimum atomic E-state index is -4.37. The molecule has 1 fully saturated rings. The zero-order valence-electron chi connectivity index (χ0n) is 9.30. The Hall–Kier alpha value is -0.490. The van der Waals surface area contributed by atoms with E-state index in [1.165, 1.54) is 0 Å². The van der Waals surface area contributed by atoms with Crippen LogP contribution in [0.2, 0.25) is 0 Å². The second kappa shape index (κ2) is 6.44. The van der Waals surface area contributed by atoms with Gasteiger partial charge in [0.15, 0.2) is 0 Å². The van der Waals surface area contributed by atoms with Crippen molar-refractivity contribution < 1.29 is 22.7 Å². The minimum Gasteiger partial charge on any atom is -0.381 e. The maximum Gasteiger partial charge on any atom is 0.406 e. The Kier molecular flexibility index (Phi) is 5.52. The topological polar surface area (TPSA) is 29.5 Å². The van der Waals surface area contributed by atoms with Crippen molar-refractivity contribution in [2.24, 2.45) is 0 Å². The van der Waals surface area contributed by atoms with E-state index in [1.807, 2.05) is 0 Å². The molecule has 1 aliphatic rings. The summed E-state index contributed by atoms with van der Waals surface area (Å²) in [4.78, 5) is 12.5. The fourth-order valence-corrected chi connectivity index (χ4v) is 2.00. The minimum absolute atomic E-state index is 0.0381. The maximum atomic E-state index is 12.4. The molecule has 3 nitrogen and oxygen atoms in total. The van der Waals surface area contributed by atoms with E-state index in [1.54, 1.807) is 0 Å². The molecule has 1 saturated heterocycles. The molecule has 0 aliphatic carbocycles. The normalized spacial score (nSPS) is 18.1. The average Bonchev–Trinajstić information content (AvgIpc) is 2.26. The Morgan fingerprint density at radius 2 is 1.94 bits per heavy atom. The van der Waals surface area contributed by atoms with Gasteiger partial charge in [-0.1, -0.05) is 0 Å². The van der Waals surface area contributed by atoms with Crippen molar-refractivity contribution in [3.05, 3.63) is 0 Å². The quantitative estimate of drug-likeness (QED) is 0.735. The summed E-state index contributed by atoms with van der Waals surface area (Å²) < 4.78 is 42.3. The van der Waals surface area contributed by atoms with Crippen molar-refractivity contribution in [3.63, 3.8) is 0 Å². The van der Waals surface area contributed by atoms with Crippen LogP contribution in [0, 0.1) is 0 Å². The van der Waals surface area contributed by atoms with Crippen LogP contribution in [-0.2, 0) is 9.53 Å². The van der Waals surface area contributed by atoms with Gasteiger partial charge in [-0.3, -0.25) is 4.79 Å². The van der Waals surface area contributed by atoms with Crippen LogP contribution in [0.25, 0.3) is 0 Å². The van der Waals surface area contributed by atoms with Gasteiger partial charge in [0.05, 0.1) is 0 Å². The van der Waals surface area contributed by atoms with Gasteiger partial charge in [0, 0.05) is 31.6 Å². The third-order valence-electron chi connectivity index (χ3n) is 2.61. The number of hydrogen-bond acceptors (Lipinski definition) is 2. The SMILES string of the molecule is O=C(CCCl)N(CC(F)(F)F)C1CCOCC1. The van der Waals surface area contributed by atoms with Crippen LogP contribution < -0.4 is 0 Å². The zero-order chi connectivity index (χ0) is 12.9. The van der Waals surface area contributed by atoms with Crippen molar-refractivity contribution in [1.29, 1.82) is 0 Å². The lowest BCUT2D eigenvalue weighted by Gasteiger charge is -2.34. The van der Waals surface area contributed by atoms with Gasteiger partial charge in [0.2, 0.25) is 5.91 Å². The van der Waals surface area contributed by atoms with Crippen molar-refractivity contribution in [1.82, 2.24) is 4.90 Å². The Morgan fingerprint density at radius 3 is 2.41 bits per heavy atom. The third-order valence-corrected chi connectivity index (χ3v) is 2.80. The highest BCUT2D eigenvalue weighted by atomic mass is 35.5. The fourth-order valence-electron chi connectivity index (χ4n) is 1.84. The van der Waals surface area contributed by atoms with Gasteiger partial charge in [-0.15, -0.1) is 11.6 Å². The van der Waals surface area contributed by atoms with Crippen LogP contribution in [0.1, 0.15) is 19.3 Å². The molecule has 0 aromatic heterocycles. The number of ether oxygens (including phenoxy) is 1. The number of hydrogen-bond donors (Lipinski definition) is 0. The number of carbonyl (C=O) groups excluding carboxylic acids is 1. The van der Waals surface area contributed by atoms with Crippen molar-refractivity contribution in [3.8, 4) is 0 Å². The van der Waals surface area contributed by atoms with Gasteiger partial charge in [-0.25, -0.2) is 0 Å². The van der Waals surface area contributed by atoms with Gasteiger partial charge in [0.25, 0.3) is 0 Å². The third kappa shape index (κ3) is 5.12. The van der Waals surface area contributed by atoms with Crippen molar-refractivity contribution >= 4 is 17.5 Å². The highest BCUT2D eigenvalue weighted by Crippen LogP contribution is 2.22. The van der Waals surface area contributed by atoms with Crippen LogP contribution in [0.4, 0.5) is 13.2 Å². The number of nitrogens with zero attached hydrogens (tertiary/aromatic N) is 1. The van der Waals surface area contributed by atoms with Gasteiger partial charge >= 0.3 is 6.18 Å². The lowest BCUT2D eigenvalue weighted by atomic mass is 10.1. The predicted octanol–water partition coefficient (Wildman–Crippen LogP) is 2.19. The summed E-state index contributed by atoms with van der Waals surface area (Å²) in [6.07, 6.45) is -3.54. The first-order chi connectivity index (χ1) is 7.94. The molecule has 0 bridgehead atoms. The second-order valence-corrected chi connectivity index (χ2v) is 4.30. The summed E-state index contributed by atoms with van der Waals surface area (Å²) in [5.74, 6) is -0.500. The summed E-state index contributed by atoms with van der Waals surface area (Å²) in [6, 6.07) is -0.388. The van der Waals surface area contributed by atoms with E-state index in [4.69, 9.17) is 16.3 Å². The molecule has 0 unspecified atom stereocenters. The van der Waals surface area contributed by atoms with Gasteiger partial charge in [-0.05, 0) is 12.8 Å². The van der Waals surface area contributed by atoms with E-state index in [9.17, 15) is 18.0 Å². The van der Waals surface area contributed by atoms with Crippen LogP contribution >= 0.6 is 11.6 Å². The summed E-state index contributed by atoms with van der Waals surface area (Å²) in [6.45, 7) is -0.409. The number of rotatable bonds is 4. The number of carbonyl (C=O) groups is 1. The smallest absolute Gasteiger partial charge is 0.381 e. The molecule has 1 amide bonds. The number of amides is 1. The summed E-state index contributed by atoms with van der Waals surface area (Å²) >= 11 is 5.40. The standard InChI is InChI=1S/C10H15ClF3NO2/c11-4-1-9(16)15(7-10(12,13)14)8-2-5-17-6-3-8/h8H,1-7H2. The number of alkyl halides is 4. The lowest BCUT2D eigenvalue weighted by molar-refractivity contribution is -0.168. The van der Waals surface area contributed by atoms with Gasteiger partial charge in [-0.2, -0.15) is 13.2 Å². The predicted molar refractivity (Wildman–Crippen MR) is 56.9 cm³/mol. The van der Waals surface area contributed by atoms with Gasteiger partial charge < -0.3 is 9.64 Å². The molecule has 0 atom stereocenters. The first kappa shape index (κ1) is 14.6. The Morgan fingerprint density at radius 1 is 1.35 bits per heavy atom. The van der Waals surface area contributed by atoms with E-state index in [0.29, 0.717) is 26.1 Å². The van der Waals surface area contributed by atoms with Crippen LogP contribution in [-0.4, -0.2) is 48.7 Å². The molecule has 7 heteroatoms. The van der Waals surface area contributed by atoms with E-state index >= 15 is 0 Å². The largest absolute Gasteiger partial charge is 0.406 e. The molecule has 0 saturated carbocycles. The number of halogens is 4. The maximum absolute atomic E-state index is 12.4.